The Morgan fingerprint density at radius 1 is 1.25 bits per heavy atom. The van der Waals surface area contributed by atoms with Gasteiger partial charge in [0, 0.05) is 11.6 Å². The fraction of sp³-hybridized carbons (Fsp3) is 0.143. The van der Waals surface area contributed by atoms with Crippen molar-refractivity contribution in [3.8, 4) is 5.75 Å². The van der Waals surface area contributed by atoms with Crippen molar-refractivity contribution in [3.63, 3.8) is 0 Å². The summed E-state index contributed by atoms with van der Waals surface area (Å²) in [7, 11) is 0. The van der Waals surface area contributed by atoms with Gasteiger partial charge in [-0.15, -0.1) is 11.6 Å². The van der Waals surface area contributed by atoms with Crippen LogP contribution in [-0.4, -0.2) is 4.92 Å². The van der Waals surface area contributed by atoms with Crippen LogP contribution in [-0.2, 0) is 12.5 Å². The summed E-state index contributed by atoms with van der Waals surface area (Å²) < 4.78 is 19.0. The molecule has 0 N–H and O–H groups in total. The molecule has 0 saturated heterocycles. The number of nitro benzene ring substituents is 1. The van der Waals surface area contributed by atoms with Gasteiger partial charge in [0.15, 0.2) is 0 Å². The molecule has 4 nitrogen and oxygen atoms in total. The van der Waals surface area contributed by atoms with E-state index in [9.17, 15) is 14.5 Å². The van der Waals surface area contributed by atoms with Crippen molar-refractivity contribution in [2.45, 2.75) is 12.5 Å². The van der Waals surface area contributed by atoms with Gasteiger partial charge in [0.05, 0.1) is 10.8 Å². The Labute approximate surface area is 119 Å². The third kappa shape index (κ3) is 3.24. The lowest BCUT2D eigenvalue weighted by Crippen LogP contribution is -2.00. The van der Waals surface area contributed by atoms with E-state index in [2.05, 4.69) is 0 Å². The van der Waals surface area contributed by atoms with Crippen LogP contribution in [0.2, 0.25) is 0 Å². The predicted octanol–water partition coefficient (Wildman–Crippen LogP) is 4.05. The number of halogens is 2. The molecular weight excluding hydrogens is 285 g/mol. The van der Waals surface area contributed by atoms with Gasteiger partial charge in [0.25, 0.3) is 0 Å². The Kier molecular flexibility index (Phi) is 4.53. The van der Waals surface area contributed by atoms with E-state index < -0.39 is 16.4 Å². The average molecular weight is 296 g/mol. The van der Waals surface area contributed by atoms with Crippen LogP contribution in [0.3, 0.4) is 0 Å². The van der Waals surface area contributed by atoms with Crippen molar-refractivity contribution < 1.29 is 14.1 Å². The minimum atomic E-state index is -0.873. The van der Waals surface area contributed by atoms with Crippen LogP contribution in [0.25, 0.3) is 0 Å². The molecule has 0 aliphatic rings. The van der Waals surface area contributed by atoms with Gasteiger partial charge < -0.3 is 4.74 Å². The minimum absolute atomic E-state index is 0.114. The molecule has 0 spiro atoms. The zero-order chi connectivity index (χ0) is 14.5. The number of alkyl halides is 1. The van der Waals surface area contributed by atoms with Crippen LogP contribution in [0.15, 0.2) is 42.5 Å². The van der Waals surface area contributed by atoms with Crippen molar-refractivity contribution in [3.05, 3.63) is 69.5 Å². The van der Waals surface area contributed by atoms with Crippen molar-refractivity contribution in [2.75, 3.05) is 0 Å². The third-order valence-corrected chi connectivity index (χ3v) is 3.01. The van der Waals surface area contributed by atoms with Crippen LogP contribution < -0.4 is 4.74 Å². The highest BCUT2D eigenvalue weighted by Gasteiger charge is 2.14. The van der Waals surface area contributed by atoms with Crippen LogP contribution in [0.5, 0.6) is 5.75 Å². The van der Waals surface area contributed by atoms with Gasteiger partial charge in [-0.25, -0.2) is 0 Å². The second-order valence-electron chi connectivity index (χ2n) is 4.07. The maximum absolute atomic E-state index is 13.5. The number of para-hydroxylation sites is 1. The smallest absolute Gasteiger partial charge is 0.304 e. The van der Waals surface area contributed by atoms with E-state index in [4.69, 9.17) is 16.3 Å². The van der Waals surface area contributed by atoms with Gasteiger partial charge in [-0.2, -0.15) is 4.39 Å². The first-order valence-electron chi connectivity index (χ1n) is 5.81. The highest BCUT2D eigenvalue weighted by atomic mass is 35.5. The Bertz CT molecular complexity index is 634. The monoisotopic (exact) mass is 295 g/mol. The molecule has 0 atom stereocenters. The van der Waals surface area contributed by atoms with Gasteiger partial charge >= 0.3 is 5.69 Å². The quantitative estimate of drug-likeness (QED) is 0.475. The van der Waals surface area contributed by atoms with Gasteiger partial charge in [-0.3, -0.25) is 10.1 Å². The van der Waals surface area contributed by atoms with E-state index in [1.54, 1.807) is 6.07 Å². The predicted molar refractivity (Wildman–Crippen MR) is 73.4 cm³/mol. The fourth-order valence-corrected chi connectivity index (χ4v) is 1.93. The van der Waals surface area contributed by atoms with Crippen LogP contribution in [0, 0.1) is 15.9 Å². The van der Waals surface area contributed by atoms with Crippen LogP contribution in [0.4, 0.5) is 10.1 Å². The molecule has 20 heavy (non-hydrogen) atoms. The normalized spacial score (nSPS) is 10.3. The molecule has 2 aromatic carbocycles. The Morgan fingerprint density at radius 3 is 2.65 bits per heavy atom. The Balaban J connectivity index is 2.11. The SMILES string of the molecule is O=[N+]([O-])c1ccc(COc2ccccc2CCl)cc1F. The molecule has 2 aromatic rings. The number of hydrogen-bond donors (Lipinski definition) is 0. The first-order valence-corrected chi connectivity index (χ1v) is 6.34. The summed E-state index contributed by atoms with van der Waals surface area (Å²) in [5.74, 6) is 0.0492. The summed E-state index contributed by atoms with van der Waals surface area (Å²) in [6.07, 6.45) is 0. The first kappa shape index (κ1) is 14.3. The first-order chi connectivity index (χ1) is 9.61. The van der Waals surface area contributed by atoms with E-state index in [0.717, 1.165) is 17.7 Å². The van der Waals surface area contributed by atoms with Gasteiger partial charge in [0.1, 0.15) is 12.4 Å². The second kappa shape index (κ2) is 6.34. The lowest BCUT2D eigenvalue weighted by Gasteiger charge is -2.09. The summed E-state index contributed by atoms with van der Waals surface area (Å²) in [5, 5.41) is 10.5. The molecule has 104 valence electrons. The third-order valence-electron chi connectivity index (χ3n) is 2.72. The second-order valence-corrected chi connectivity index (χ2v) is 4.34. The molecule has 0 heterocycles. The molecule has 0 saturated carbocycles. The molecule has 0 amide bonds. The summed E-state index contributed by atoms with van der Waals surface area (Å²) >= 11 is 5.78. The molecule has 0 aromatic heterocycles. The Morgan fingerprint density at radius 2 is 2.00 bits per heavy atom. The molecular formula is C14H11ClFNO3. The molecule has 0 aliphatic heterocycles. The van der Waals surface area contributed by atoms with Crippen LogP contribution in [0.1, 0.15) is 11.1 Å². The van der Waals surface area contributed by atoms with E-state index in [1.807, 2.05) is 18.2 Å². The summed E-state index contributed by atoms with van der Waals surface area (Å²) in [5.41, 5.74) is 0.795. The highest BCUT2D eigenvalue weighted by Crippen LogP contribution is 2.22. The van der Waals surface area contributed by atoms with E-state index in [0.29, 0.717) is 17.2 Å². The molecule has 6 heteroatoms. The Hall–Kier alpha value is -2.14. The summed E-state index contributed by atoms with van der Waals surface area (Å²) in [6.45, 7) is 0.114. The van der Waals surface area contributed by atoms with E-state index >= 15 is 0 Å². The van der Waals surface area contributed by atoms with Gasteiger partial charge in [-0.1, -0.05) is 18.2 Å². The molecule has 2 rings (SSSR count). The maximum atomic E-state index is 13.5. The molecule has 0 bridgehead atoms. The number of rotatable bonds is 5. The molecule has 0 unspecified atom stereocenters. The van der Waals surface area contributed by atoms with E-state index in [1.165, 1.54) is 6.07 Å². The zero-order valence-corrected chi connectivity index (χ0v) is 11.1. The zero-order valence-electron chi connectivity index (χ0n) is 10.4. The number of benzene rings is 2. The topological polar surface area (TPSA) is 52.4 Å². The van der Waals surface area contributed by atoms with Crippen LogP contribution >= 0.6 is 11.6 Å². The fourth-order valence-electron chi connectivity index (χ4n) is 1.70. The maximum Gasteiger partial charge on any atom is 0.304 e. The van der Waals surface area contributed by atoms with Crippen molar-refractivity contribution >= 4 is 17.3 Å². The molecule has 0 aliphatic carbocycles. The average Bonchev–Trinajstić information content (AvgIpc) is 2.45. The lowest BCUT2D eigenvalue weighted by atomic mass is 10.2. The number of nitrogens with zero attached hydrogens (tertiary/aromatic N) is 1. The van der Waals surface area contributed by atoms with Gasteiger partial charge in [0.2, 0.25) is 5.82 Å². The van der Waals surface area contributed by atoms with Crippen molar-refractivity contribution in [1.29, 1.82) is 0 Å². The van der Waals surface area contributed by atoms with E-state index in [-0.39, 0.29) is 6.61 Å². The number of hydrogen-bond acceptors (Lipinski definition) is 3. The molecule has 0 fully saturated rings. The van der Waals surface area contributed by atoms with Crippen molar-refractivity contribution in [1.82, 2.24) is 0 Å². The standard InChI is InChI=1S/C14H11ClFNO3/c15-8-11-3-1-2-4-14(11)20-9-10-5-6-13(17(18)19)12(16)7-10/h1-7H,8-9H2. The summed E-state index contributed by atoms with van der Waals surface area (Å²) in [4.78, 5) is 9.75. The molecule has 0 radical (unpaired) electrons. The number of ether oxygens (including phenoxy) is 1. The number of nitro groups is 1. The highest BCUT2D eigenvalue weighted by molar-refractivity contribution is 6.17. The van der Waals surface area contributed by atoms with Crippen molar-refractivity contribution in [2.24, 2.45) is 0 Å². The van der Waals surface area contributed by atoms with Gasteiger partial charge in [-0.05, 0) is 23.8 Å². The lowest BCUT2D eigenvalue weighted by molar-refractivity contribution is -0.387. The summed E-state index contributed by atoms with van der Waals surface area (Å²) in [6, 6.07) is 10.9. The largest absolute Gasteiger partial charge is 0.489 e. The minimum Gasteiger partial charge on any atom is -0.489 e.